The van der Waals surface area contributed by atoms with Crippen molar-refractivity contribution in [3.8, 4) is 0 Å². The standard InChI is InChI=1S/C19H19ClN2O4/c20-14-8-9-16(23)22(12-14)17(18(24)13-5-2-1-3-6-13)19(25)21-11-15-7-4-10-26-15/h1-3,5-6,8-9,12,15,17H,4,7,10-11H2,(H,21,25)/t15-,17-/m0/s1. The molecule has 1 amide bonds. The minimum atomic E-state index is -1.33. The molecule has 1 aromatic heterocycles. The highest BCUT2D eigenvalue weighted by molar-refractivity contribution is 6.30. The summed E-state index contributed by atoms with van der Waals surface area (Å²) in [7, 11) is 0. The fourth-order valence-electron chi connectivity index (χ4n) is 2.93. The monoisotopic (exact) mass is 374 g/mol. The predicted octanol–water partition coefficient (Wildman–Crippen LogP) is 2.22. The van der Waals surface area contributed by atoms with Crippen LogP contribution in [0.3, 0.4) is 0 Å². The molecule has 0 spiro atoms. The lowest BCUT2D eigenvalue weighted by Crippen LogP contribution is -2.43. The number of amides is 1. The summed E-state index contributed by atoms with van der Waals surface area (Å²) in [5.74, 6) is -1.03. The largest absolute Gasteiger partial charge is 0.376 e. The minimum absolute atomic E-state index is 0.0671. The van der Waals surface area contributed by atoms with Crippen molar-refractivity contribution < 1.29 is 14.3 Å². The summed E-state index contributed by atoms with van der Waals surface area (Å²) in [6.07, 6.45) is 3.04. The number of pyridine rings is 1. The van der Waals surface area contributed by atoms with E-state index in [9.17, 15) is 14.4 Å². The van der Waals surface area contributed by atoms with Gasteiger partial charge in [-0.1, -0.05) is 41.9 Å². The molecule has 1 fully saturated rings. The Morgan fingerprint density at radius 1 is 1.23 bits per heavy atom. The lowest BCUT2D eigenvalue weighted by molar-refractivity contribution is -0.123. The number of carbonyl (C=O) groups is 2. The minimum Gasteiger partial charge on any atom is -0.376 e. The summed E-state index contributed by atoms with van der Waals surface area (Å²) in [6, 6.07) is 9.73. The Labute approximate surface area is 155 Å². The Morgan fingerprint density at radius 3 is 2.69 bits per heavy atom. The van der Waals surface area contributed by atoms with E-state index in [2.05, 4.69) is 5.32 Å². The average molecular weight is 375 g/mol. The fourth-order valence-corrected chi connectivity index (χ4v) is 3.09. The van der Waals surface area contributed by atoms with Gasteiger partial charge in [0, 0.05) is 31.0 Å². The van der Waals surface area contributed by atoms with E-state index in [0.717, 1.165) is 17.4 Å². The van der Waals surface area contributed by atoms with Crippen molar-refractivity contribution in [1.29, 1.82) is 0 Å². The van der Waals surface area contributed by atoms with Gasteiger partial charge in [-0.3, -0.25) is 19.0 Å². The summed E-state index contributed by atoms with van der Waals surface area (Å²) in [5.41, 5.74) is -0.132. The first-order valence-corrected chi connectivity index (χ1v) is 8.80. The molecule has 7 heteroatoms. The van der Waals surface area contributed by atoms with Crippen molar-refractivity contribution in [2.45, 2.75) is 25.0 Å². The Balaban J connectivity index is 1.90. The maximum absolute atomic E-state index is 13.0. The van der Waals surface area contributed by atoms with Crippen LogP contribution in [0.5, 0.6) is 0 Å². The van der Waals surface area contributed by atoms with E-state index >= 15 is 0 Å². The van der Waals surface area contributed by atoms with Crippen LogP contribution in [-0.2, 0) is 9.53 Å². The summed E-state index contributed by atoms with van der Waals surface area (Å²) < 4.78 is 6.56. The number of benzene rings is 1. The van der Waals surface area contributed by atoms with Crippen molar-refractivity contribution in [1.82, 2.24) is 9.88 Å². The molecule has 1 aliphatic rings. The molecule has 0 bridgehead atoms. The van der Waals surface area contributed by atoms with Gasteiger partial charge in [-0.25, -0.2) is 0 Å². The molecule has 1 N–H and O–H groups in total. The number of Topliss-reactive ketones (excluding diaryl/α,β-unsaturated/α-hetero) is 1. The van der Waals surface area contributed by atoms with Crippen LogP contribution in [0.4, 0.5) is 0 Å². The van der Waals surface area contributed by atoms with Gasteiger partial charge in [0.2, 0.25) is 0 Å². The zero-order chi connectivity index (χ0) is 18.5. The smallest absolute Gasteiger partial charge is 0.251 e. The second kappa shape index (κ2) is 8.29. The molecule has 2 heterocycles. The van der Waals surface area contributed by atoms with E-state index in [1.165, 1.54) is 18.3 Å². The van der Waals surface area contributed by atoms with Gasteiger partial charge in [-0.15, -0.1) is 0 Å². The quantitative estimate of drug-likeness (QED) is 0.621. The lowest BCUT2D eigenvalue weighted by atomic mass is 10.0. The molecule has 1 aliphatic heterocycles. The maximum atomic E-state index is 13.0. The van der Waals surface area contributed by atoms with Gasteiger partial charge in [0.05, 0.1) is 11.1 Å². The normalized spacial score (nSPS) is 17.7. The number of carbonyl (C=O) groups excluding carboxylic acids is 2. The molecule has 1 saturated heterocycles. The van der Waals surface area contributed by atoms with Gasteiger partial charge < -0.3 is 10.1 Å². The topological polar surface area (TPSA) is 77.4 Å². The first-order chi connectivity index (χ1) is 12.6. The van der Waals surface area contributed by atoms with Crippen LogP contribution < -0.4 is 10.9 Å². The van der Waals surface area contributed by atoms with E-state index in [1.54, 1.807) is 30.3 Å². The third-order valence-electron chi connectivity index (χ3n) is 4.26. The number of rotatable bonds is 6. The molecule has 3 rings (SSSR count). The van der Waals surface area contributed by atoms with Crippen LogP contribution in [0.2, 0.25) is 5.02 Å². The van der Waals surface area contributed by atoms with E-state index in [4.69, 9.17) is 16.3 Å². The van der Waals surface area contributed by atoms with Gasteiger partial charge in [-0.05, 0) is 18.9 Å². The zero-order valence-electron chi connectivity index (χ0n) is 14.1. The highest BCUT2D eigenvalue weighted by Crippen LogP contribution is 2.17. The number of hydrogen-bond donors (Lipinski definition) is 1. The molecule has 1 aromatic carbocycles. The summed E-state index contributed by atoms with van der Waals surface area (Å²) in [4.78, 5) is 38.0. The molecule has 2 atom stereocenters. The fraction of sp³-hybridized carbons (Fsp3) is 0.316. The van der Waals surface area contributed by atoms with Crippen LogP contribution in [0.1, 0.15) is 29.2 Å². The maximum Gasteiger partial charge on any atom is 0.251 e. The highest BCUT2D eigenvalue weighted by Gasteiger charge is 2.31. The van der Waals surface area contributed by atoms with Crippen LogP contribution >= 0.6 is 11.6 Å². The summed E-state index contributed by atoms with van der Waals surface area (Å²) in [6.45, 7) is 0.966. The Kier molecular flexibility index (Phi) is 5.85. The molecular weight excluding hydrogens is 356 g/mol. The highest BCUT2D eigenvalue weighted by atomic mass is 35.5. The lowest BCUT2D eigenvalue weighted by Gasteiger charge is -2.20. The van der Waals surface area contributed by atoms with Gasteiger partial charge >= 0.3 is 0 Å². The van der Waals surface area contributed by atoms with Crippen molar-refractivity contribution in [2.24, 2.45) is 0 Å². The first-order valence-electron chi connectivity index (χ1n) is 8.42. The van der Waals surface area contributed by atoms with Crippen LogP contribution in [0, 0.1) is 0 Å². The second-order valence-electron chi connectivity index (χ2n) is 6.11. The molecule has 0 unspecified atom stereocenters. The van der Waals surface area contributed by atoms with Crippen LogP contribution in [0.15, 0.2) is 53.5 Å². The van der Waals surface area contributed by atoms with Crippen LogP contribution in [0.25, 0.3) is 0 Å². The number of ether oxygens (including phenoxy) is 1. The van der Waals surface area contributed by atoms with Crippen LogP contribution in [-0.4, -0.2) is 35.5 Å². The van der Waals surface area contributed by atoms with E-state index in [-0.39, 0.29) is 11.1 Å². The Morgan fingerprint density at radius 2 is 2.00 bits per heavy atom. The van der Waals surface area contributed by atoms with Gasteiger partial charge in [0.1, 0.15) is 0 Å². The number of halogens is 1. The van der Waals surface area contributed by atoms with E-state index in [0.29, 0.717) is 18.7 Å². The number of nitrogens with zero attached hydrogens (tertiary/aromatic N) is 1. The van der Waals surface area contributed by atoms with Crippen molar-refractivity contribution in [3.63, 3.8) is 0 Å². The third kappa shape index (κ3) is 4.20. The molecule has 2 aromatic rings. The van der Waals surface area contributed by atoms with Crippen molar-refractivity contribution >= 4 is 23.3 Å². The summed E-state index contributed by atoms with van der Waals surface area (Å²) in [5, 5.41) is 3.00. The molecule has 26 heavy (non-hydrogen) atoms. The van der Waals surface area contributed by atoms with Gasteiger partial charge in [0.15, 0.2) is 11.8 Å². The Hall–Kier alpha value is -2.44. The number of hydrogen-bond acceptors (Lipinski definition) is 4. The molecule has 6 nitrogen and oxygen atoms in total. The average Bonchev–Trinajstić information content (AvgIpc) is 3.17. The third-order valence-corrected chi connectivity index (χ3v) is 4.49. The SMILES string of the molecule is O=C(NC[C@@H]1CCCO1)[C@H](C(=O)c1ccccc1)n1cc(Cl)ccc1=O. The van der Waals surface area contributed by atoms with Crippen molar-refractivity contribution in [2.75, 3.05) is 13.2 Å². The number of aromatic nitrogens is 1. The number of nitrogens with one attached hydrogen (secondary N) is 1. The molecule has 136 valence electrons. The van der Waals surface area contributed by atoms with E-state index < -0.39 is 23.3 Å². The van der Waals surface area contributed by atoms with E-state index in [1.807, 2.05) is 0 Å². The second-order valence-corrected chi connectivity index (χ2v) is 6.54. The predicted molar refractivity (Wildman–Crippen MR) is 97.5 cm³/mol. The molecule has 0 aliphatic carbocycles. The number of ketones is 1. The Bertz CT molecular complexity index is 844. The molecular formula is C19H19ClN2O4. The summed E-state index contributed by atoms with van der Waals surface area (Å²) >= 11 is 5.97. The van der Waals surface area contributed by atoms with Crippen molar-refractivity contribution in [3.05, 3.63) is 69.6 Å². The van der Waals surface area contributed by atoms with Gasteiger partial charge in [-0.2, -0.15) is 0 Å². The molecule has 0 radical (unpaired) electrons. The first kappa shape index (κ1) is 18.4. The van der Waals surface area contributed by atoms with Gasteiger partial charge in [0.25, 0.3) is 11.5 Å². The molecule has 0 saturated carbocycles. The zero-order valence-corrected chi connectivity index (χ0v) is 14.8.